The van der Waals surface area contributed by atoms with Gasteiger partial charge in [0.2, 0.25) is 0 Å². The minimum absolute atomic E-state index is 0.424. The Balaban J connectivity index is 1.79. The first kappa shape index (κ1) is 13.6. The van der Waals surface area contributed by atoms with Crippen LogP contribution >= 0.6 is 0 Å². The van der Waals surface area contributed by atoms with Crippen molar-refractivity contribution >= 4 is 0 Å². The van der Waals surface area contributed by atoms with Gasteiger partial charge in [-0.25, -0.2) is 0 Å². The van der Waals surface area contributed by atoms with Crippen LogP contribution in [0.3, 0.4) is 0 Å². The zero-order valence-corrected chi connectivity index (χ0v) is 11.7. The molecule has 0 saturated heterocycles. The maximum absolute atomic E-state index is 5.88. The molecule has 0 spiro atoms. The van der Waals surface area contributed by atoms with Crippen LogP contribution in [0.1, 0.15) is 50.5 Å². The first-order valence-electron chi connectivity index (χ1n) is 7.05. The Morgan fingerprint density at radius 2 is 2.28 bits per heavy atom. The minimum Gasteiger partial charge on any atom is -0.464 e. The summed E-state index contributed by atoms with van der Waals surface area (Å²) >= 11 is 0. The fourth-order valence-electron chi connectivity index (χ4n) is 2.45. The fourth-order valence-corrected chi connectivity index (χ4v) is 2.45. The second-order valence-corrected chi connectivity index (χ2v) is 5.45. The molecule has 1 heterocycles. The highest BCUT2D eigenvalue weighted by Gasteiger charge is 2.36. The summed E-state index contributed by atoms with van der Waals surface area (Å²) in [4.78, 5) is 0. The third kappa shape index (κ3) is 3.59. The van der Waals surface area contributed by atoms with Gasteiger partial charge in [0.1, 0.15) is 11.5 Å². The number of furan rings is 1. The van der Waals surface area contributed by atoms with Crippen molar-refractivity contribution in [3.8, 4) is 0 Å². The molecule has 0 radical (unpaired) electrons. The van der Waals surface area contributed by atoms with Gasteiger partial charge in [-0.2, -0.15) is 0 Å². The maximum Gasteiger partial charge on any atom is 0.117 e. The van der Waals surface area contributed by atoms with Gasteiger partial charge in [0, 0.05) is 19.1 Å². The van der Waals surface area contributed by atoms with Gasteiger partial charge in [-0.15, -0.1) is 0 Å². The third-order valence-electron chi connectivity index (χ3n) is 3.73. The van der Waals surface area contributed by atoms with Crippen LogP contribution in [0, 0.1) is 5.92 Å². The van der Waals surface area contributed by atoms with Crippen LogP contribution in [-0.4, -0.2) is 19.8 Å². The summed E-state index contributed by atoms with van der Waals surface area (Å²) in [5.74, 6) is 3.68. The van der Waals surface area contributed by atoms with Crippen molar-refractivity contribution in [2.45, 2.75) is 51.6 Å². The molecule has 3 nitrogen and oxygen atoms in total. The van der Waals surface area contributed by atoms with E-state index in [-0.39, 0.29) is 0 Å². The lowest BCUT2D eigenvalue weighted by molar-refractivity contribution is 0.160. The van der Waals surface area contributed by atoms with Crippen molar-refractivity contribution in [2.24, 2.45) is 5.92 Å². The lowest BCUT2D eigenvalue weighted by Gasteiger charge is -2.16. The monoisotopic (exact) mass is 251 g/mol. The minimum atomic E-state index is 0.424. The maximum atomic E-state index is 5.88. The highest BCUT2D eigenvalue weighted by atomic mass is 16.5. The Kier molecular flexibility index (Phi) is 4.84. The normalized spacial score (nSPS) is 24.2. The summed E-state index contributed by atoms with van der Waals surface area (Å²) < 4.78 is 11.1. The molecular formula is C15H25NO2. The summed E-state index contributed by atoms with van der Waals surface area (Å²) in [5.41, 5.74) is 0. The Morgan fingerprint density at radius 3 is 2.89 bits per heavy atom. The van der Waals surface area contributed by atoms with E-state index in [0.717, 1.165) is 37.0 Å². The molecule has 3 atom stereocenters. The van der Waals surface area contributed by atoms with Gasteiger partial charge in [0.25, 0.3) is 0 Å². The summed E-state index contributed by atoms with van der Waals surface area (Å²) in [5, 5.41) is 3.50. The summed E-state index contributed by atoms with van der Waals surface area (Å²) in [6, 6.07) is 4.66. The van der Waals surface area contributed by atoms with Crippen molar-refractivity contribution in [1.29, 1.82) is 0 Å². The summed E-state index contributed by atoms with van der Waals surface area (Å²) in [7, 11) is 1.75. The first-order valence-corrected chi connectivity index (χ1v) is 7.05. The van der Waals surface area contributed by atoms with Gasteiger partial charge in [-0.05, 0) is 30.9 Å². The first-order chi connectivity index (χ1) is 8.74. The largest absolute Gasteiger partial charge is 0.464 e. The van der Waals surface area contributed by atoms with Gasteiger partial charge in [-0.3, -0.25) is 0 Å². The van der Waals surface area contributed by atoms with E-state index in [0.29, 0.717) is 12.0 Å². The predicted octanol–water partition coefficient (Wildman–Crippen LogP) is 3.31. The quantitative estimate of drug-likeness (QED) is 0.769. The molecule has 2 rings (SSSR count). The van der Waals surface area contributed by atoms with Crippen molar-refractivity contribution in [1.82, 2.24) is 5.32 Å². The lowest BCUT2D eigenvalue weighted by atomic mass is 10.2. The van der Waals surface area contributed by atoms with Crippen LogP contribution in [0.4, 0.5) is 0 Å². The zero-order valence-electron chi connectivity index (χ0n) is 11.7. The average molecular weight is 251 g/mol. The predicted molar refractivity (Wildman–Crippen MR) is 72.6 cm³/mol. The summed E-state index contributed by atoms with van der Waals surface area (Å²) in [6.45, 7) is 6.04. The number of hydrogen-bond donors (Lipinski definition) is 1. The molecule has 0 amide bonds. The molecule has 18 heavy (non-hydrogen) atoms. The SMILES string of the molecule is CCCC(COC)NCc1ccc(C2CC2C)o1. The summed E-state index contributed by atoms with van der Waals surface area (Å²) in [6.07, 6.45) is 3.59. The van der Waals surface area contributed by atoms with E-state index in [1.807, 2.05) is 0 Å². The molecule has 0 aromatic carbocycles. The molecule has 1 saturated carbocycles. The molecule has 3 heteroatoms. The van der Waals surface area contributed by atoms with E-state index in [4.69, 9.17) is 9.15 Å². The van der Waals surface area contributed by atoms with Crippen LogP contribution in [0.25, 0.3) is 0 Å². The van der Waals surface area contributed by atoms with Crippen molar-refractivity contribution in [2.75, 3.05) is 13.7 Å². The number of rotatable bonds is 8. The van der Waals surface area contributed by atoms with Crippen molar-refractivity contribution in [3.05, 3.63) is 23.7 Å². The molecule has 3 unspecified atom stereocenters. The smallest absolute Gasteiger partial charge is 0.117 e. The van der Waals surface area contributed by atoms with E-state index >= 15 is 0 Å². The van der Waals surface area contributed by atoms with Gasteiger partial charge in [0.15, 0.2) is 0 Å². The molecule has 1 aliphatic rings. The fraction of sp³-hybridized carbons (Fsp3) is 0.733. The molecular weight excluding hydrogens is 226 g/mol. The second kappa shape index (κ2) is 6.39. The molecule has 1 aromatic rings. The zero-order chi connectivity index (χ0) is 13.0. The Labute approximate surface area is 110 Å². The van der Waals surface area contributed by atoms with E-state index in [9.17, 15) is 0 Å². The second-order valence-electron chi connectivity index (χ2n) is 5.45. The molecule has 1 fully saturated rings. The molecule has 1 aliphatic carbocycles. The number of hydrogen-bond acceptors (Lipinski definition) is 3. The van der Waals surface area contributed by atoms with Gasteiger partial charge in [-0.1, -0.05) is 20.3 Å². The highest BCUT2D eigenvalue weighted by molar-refractivity contribution is 5.17. The van der Waals surface area contributed by atoms with E-state index in [1.165, 1.54) is 12.8 Å². The van der Waals surface area contributed by atoms with Gasteiger partial charge >= 0.3 is 0 Å². The number of ether oxygens (including phenoxy) is 1. The van der Waals surface area contributed by atoms with Crippen LogP contribution < -0.4 is 5.32 Å². The third-order valence-corrected chi connectivity index (χ3v) is 3.73. The topological polar surface area (TPSA) is 34.4 Å². The van der Waals surface area contributed by atoms with Crippen LogP contribution in [0.15, 0.2) is 16.5 Å². The molecule has 0 aliphatic heterocycles. The average Bonchev–Trinajstić information content (AvgIpc) is 2.91. The number of nitrogens with one attached hydrogen (secondary N) is 1. The van der Waals surface area contributed by atoms with E-state index < -0.39 is 0 Å². The van der Waals surface area contributed by atoms with Crippen molar-refractivity contribution in [3.63, 3.8) is 0 Å². The van der Waals surface area contributed by atoms with Crippen LogP contribution in [-0.2, 0) is 11.3 Å². The van der Waals surface area contributed by atoms with E-state index in [2.05, 4.69) is 31.3 Å². The lowest BCUT2D eigenvalue weighted by Crippen LogP contribution is -2.32. The molecule has 1 aromatic heterocycles. The van der Waals surface area contributed by atoms with Crippen molar-refractivity contribution < 1.29 is 9.15 Å². The van der Waals surface area contributed by atoms with E-state index in [1.54, 1.807) is 7.11 Å². The Hall–Kier alpha value is -0.800. The Morgan fingerprint density at radius 1 is 1.50 bits per heavy atom. The van der Waals surface area contributed by atoms with Crippen LogP contribution in [0.5, 0.6) is 0 Å². The molecule has 102 valence electrons. The van der Waals surface area contributed by atoms with Gasteiger partial charge in [0.05, 0.1) is 13.2 Å². The Bertz CT molecular complexity index is 355. The van der Waals surface area contributed by atoms with Crippen LogP contribution in [0.2, 0.25) is 0 Å². The molecule has 0 bridgehead atoms. The molecule has 1 N–H and O–H groups in total. The van der Waals surface area contributed by atoms with Gasteiger partial charge < -0.3 is 14.5 Å². The highest BCUT2D eigenvalue weighted by Crippen LogP contribution is 2.47. The standard InChI is InChI=1S/C15H25NO2/c1-4-5-12(10-17-3)16-9-13-6-7-15(18-13)14-8-11(14)2/h6-7,11-12,14,16H,4-5,8-10H2,1-3H3. The number of methoxy groups -OCH3 is 1.